The van der Waals surface area contributed by atoms with Crippen LogP contribution in [0.3, 0.4) is 0 Å². The number of hydrogen-bond acceptors (Lipinski definition) is 6. The van der Waals surface area contributed by atoms with Gasteiger partial charge in [-0.25, -0.2) is 4.98 Å². The van der Waals surface area contributed by atoms with Gasteiger partial charge in [-0.2, -0.15) is 0 Å². The number of furan rings is 1. The lowest BCUT2D eigenvalue weighted by Crippen LogP contribution is -2.35. The van der Waals surface area contributed by atoms with E-state index in [-0.39, 0.29) is 42.4 Å². The molecule has 1 aromatic carbocycles. The van der Waals surface area contributed by atoms with E-state index in [0.29, 0.717) is 33.5 Å². The van der Waals surface area contributed by atoms with E-state index < -0.39 is 5.91 Å². The molecule has 1 fully saturated rings. The zero-order chi connectivity index (χ0) is 23.5. The Balaban J connectivity index is 0.00000216. The van der Waals surface area contributed by atoms with Crippen molar-refractivity contribution < 1.29 is 14.0 Å². The number of nitrogens with one attached hydrogen (secondary N) is 3. The molecule has 2 amide bonds. The number of halogens is 3. The van der Waals surface area contributed by atoms with E-state index >= 15 is 0 Å². The van der Waals surface area contributed by atoms with Gasteiger partial charge in [0.2, 0.25) is 11.7 Å². The lowest BCUT2D eigenvalue weighted by Gasteiger charge is -2.31. The zero-order valence-electron chi connectivity index (χ0n) is 19.8. The van der Waals surface area contributed by atoms with Crippen LogP contribution in [-0.4, -0.2) is 48.9 Å². The standard InChI is InChI=1S/C24H28ClN5O3.2ClH/c1-26-16-7-10-19-18(12-16)21(29-23(31)14-4-8-17(9-5-14)30(2)3)22(33-19)24(32)28-20-11-6-15(25)13-27-20;;/h6-7,10-14,17,26H,4-5,8-9H2,1-3H3,(H,29,31)(H,27,28,32);2*1H/t14-,17-;;. The Morgan fingerprint density at radius 2 is 1.77 bits per heavy atom. The van der Waals surface area contributed by atoms with Crippen molar-refractivity contribution in [3.8, 4) is 0 Å². The Labute approximate surface area is 222 Å². The van der Waals surface area contributed by atoms with Crippen molar-refractivity contribution in [2.75, 3.05) is 37.1 Å². The van der Waals surface area contributed by atoms with Crippen LogP contribution in [0.25, 0.3) is 11.0 Å². The molecule has 2 aromatic heterocycles. The summed E-state index contributed by atoms with van der Waals surface area (Å²) in [5, 5.41) is 9.91. The molecule has 0 spiro atoms. The van der Waals surface area contributed by atoms with Crippen molar-refractivity contribution in [3.63, 3.8) is 0 Å². The number of carbonyl (C=O) groups excluding carboxylic acids is 2. The predicted octanol–water partition coefficient (Wildman–Crippen LogP) is 5.68. The fraction of sp³-hybridized carbons (Fsp3) is 0.375. The van der Waals surface area contributed by atoms with E-state index in [1.807, 2.05) is 19.2 Å². The summed E-state index contributed by atoms with van der Waals surface area (Å²) in [6, 6.07) is 9.21. The van der Waals surface area contributed by atoms with Crippen molar-refractivity contribution in [1.29, 1.82) is 0 Å². The maximum absolute atomic E-state index is 13.2. The molecule has 35 heavy (non-hydrogen) atoms. The molecule has 4 rings (SSSR count). The first-order valence-electron chi connectivity index (χ1n) is 11.0. The summed E-state index contributed by atoms with van der Waals surface area (Å²) >= 11 is 5.88. The van der Waals surface area contributed by atoms with Gasteiger partial charge in [0, 0.05) is 36.3 Å². The van der Waals surface area contributed by atoms with Gasteiger partial charge in [0.25, 0.3) is 5.91 Å². The van der Waals surface area contributed by atoms with Crippen LogP contribution < -0.4 is 16.0 Å². The van der Waals surface area contributed by atoms with Crippen LogP contribution in [0.2, 0.25) is 5.02 Å². The van der Waals surface area contributed by atoms with Crippen molar-refractivity contribution in [2.24, 2.45) is 5.92 Å². The molecule has 3 aromatic rings. The van der Waals surface area contributed by atoms with Crippen molar-refractivity contribution >= 4 is 76.4 Å². The van der Waals surface area contributed by atoms with Crippen LogP contribution in [0, 0.1) is 5.92 Å². The smallest absolute Gasteiger partial charge is 0.294 e. The second-order valence-electron chi connectivity index (χ2n) is 8.54. The van der Waals surface area contributed by atoms with Gasteiger partial charge >= 0.3 is 0 Å². The van der Waals surface area contributed by atoms with Gasteiger partial charge in [0.15, 0.2) is 0 Å². The third kappa shape index (κ3) is 6.58. The molecule has 0 bridgehead atoms. The number of hydrogen-bond donors (Lipinski definition) is 3. The third-order valence-corrected chi connectivity index (χ3v) is 6.42. The highest BCUT2D eigenvalue weighted by Crippen LogP contribution is 2.35. The molecule has 0 radical (unpaired) electrons. The maximum Gasteiger partial charge on any atom is 0.294 e. The number of carbonyl (C=O) groups is 2. The van der Waals surface area contributed by atoms with Gasteiger partial charge in [-0.05, 0) is 70.1 Å². The Kier molecular flexibility index (Phi) is 10.2. The number of amides is 2. The Bertz CT molecular complexity index is 1160. The van der Waals surface area contributed by atoms with E-state index in [9.17, 15) is 9.59 Å². The van der Waals surface area contributed by atoms with Gasteiger partial charge in [0.1, 0.15) is 17.1 Å². The van der Waals surface area contributed by atoms with E-state index in [4.69, 9.17) is 16.0 Å². The predicted molar refractivity (Wildman–Crippen MR) is 146 cm³/mol. The molecule has 0 aliphatic heterocycles. The maximum atomic E-state index is 13.2. The van der Waals surface area contributed by atoms with Crippen LogP contribution in [0.4, 0.5) is 17.2 Å². The lowest BCUT2D eigenvalue weighted by atomic mass is 9.85. The van der Waals surface area contributed by atoms with E-state index in [0.717, 1.165) is 31.4 Å². The normalized spacial score (nSPS) is 17.3. The van der Waals surface area contributed by atoms with Crippen LogP contribution in [0.15, 0.2) is 40.9 Å². The van der Waals surface area contributed by atoms with Crippen molar-refractivity contribution in [1.82, 2.24) is 9.88 Å². The van der Waals surface area contributed by atoms with E-state index in [2.05, 4.69) is 39.9 Å². The summed E-state index contributed by atoms with van der Waals surface area (Å²) in [4.78, 5) is 32.6. The summed E-state index contributed by atoms with van der Waals surface area (Å²) in [7, 11) is 5.95. The number of fused-ring (bicyclic) bond motifs is 1. The average molecular weight is 543 g/mol. The minimum absolute atomic E-state index is 0. The molecule has 190 valence electrons. The molecule has 1 aliphatic carbocycles. The monoisotopic (exact) mass is 541 g/mol. The molecular formula is C24H30Cl3N5O3. The van der Waals surface area contributed by atoms with Gasteiger partial charge < -0.3 is 25.3 Å². The molecule has 0 saturated heterocycles. The minimum atomic E-state index is -0.501. The van der Waals surface area contributed by atoms with Gasteiger partial charge in [-0.15, -0.1) is 24.8 Å². The third-order valence-electron chi connectivity index (χ3n) is 6.20. The Morgan fingerprint density at radius 1 is 1.06 bits per heavy atom. The van der Waals surface area contributed by atoms with Crippen molar-refractivity contribution in [3.05, 3.63) is 47.3 Å². The first-order chi connectivity index (χ1) is 15.9. The average Bonchev–Trinajstić information content (AvgIpc) is 3.18. The SMILES string of the molecule is CNc1ccc2oc(C(=O)Nc3ccc(Cl)cn3)c(NC(=O)[C@H]3CC[C@H](N(C)C)CC3)c2c1.Cl.Cl. The minimum Gasteiger partial charge on any atom is -0.449 e. The van der Waals surface area contributed by atoms with E-state index in [1.54, 1.807) is 18.2 Å². The first-order valence-corrected chi connectivity index (χ1v) is 11.4. The summed E-state index contributed by atoms with van der Waals surface area (Å²) in [6.07, 6.45) is 5.00. The quantitative estimate of drug-likeness (QED) is 0.371. The van der Waals surface area contributed by atoms with Crippen LogP contribution in [0.1, 0.15) is 36.2 Å². The van der Waals surface area contributed by atoms with Crippen LogP contribution >= 0.6 is 36.4 Å². The van der Waals surface area contributed by atoms with Crippen molar-refractivity contribution in [2.45, 2.75) is 31.7 Å². The number of benzene rings is 1. The van der Waals surface area contributed by atoms with E-state index in [1.165, 1.54) is 6.20 Å². The van der Waals surface area contributed by atoms with Gasteiger partial charge in [-0.1, -0.05) is 11.6 Å². The highest BCUT2D eigenvalue weighted by molar-refractivity contribution is 6.30. The zero-order valence-corrected chi connectivity index (χ0v) is 22.1. The summed E-state index contributed by atoms with van der Waals surface area (Å²) in [5.74, 6) is -0.333. The number of pyridine rings is 1. The number of anilines is 3. The molecule has 1 saturated carbocycles. The highest BCUT2D eigenvalue weighted by atomic mass is 35.5. The second-order valence-corrected chi connectivity index (χ2v) is 8.98. The molecule has 2 heterocycles. The Morgan fingerprint density at radius 3 is 2.37 bits per heavy atom. The topological polar surface area (TPSA) is 99.5 Å². The van der Waals surface area contributed by atoms with Crippen LogP contribution in [-0.2, 0) is 4.79 Å². The molecule has 0 atom stereocenters. The molecular weight excluding hydrogens is 513 g/mol. The fourth-order valence-corrected chi connectivity index (χ4v) is 4.35. The molecule has 1 aliphatic rings. The summed E-state index contributed by atoms with van der Waals surface area (Å²) in [5.41, 5.74) is 1.72. The fourth-order valence-electron chi connectivity index (χ4n) is 4.24. The number of rotatable bonds is 6. The highest BCUT2D eigenvalue weighted by Gasteiger charge is 2.30. The number of aromatic nitrogens is 1. The largest absolute Gasteiger partial charge is 0.449 e. The van der Waals surface area contributed by atoms with Gasteiger partial charge in [-0.3, -0.25) is 9.59 Å². The lowest BCUT2D eigenvalue weighted by molar-refractivity contribution is -0.121. The second kappa shape index (κ2) is 12.4. The van der Waals surface area contributed by atoms with Gasteiger partial charge in [0.05, 0.1) is 5.02 Å². The first kappa shape index (κ1) is 28.7. The molecule has 3 N–H and O–H groups in total. The van der Waals surface area contributed by atoms with Crippen LogP contribution in [0.5, 0.6) is 0 Å². The summed E-state index contributed by atoms with van der Waals surface area (Å²) in [6.45, 7) is 0. The molecule has 8 nitrogen and oxygen atoms in total. The molecule has 11 heteroatoms. The number of nitrogens with zero attached hydrogens (tertiary/aromatic N) is 2. The summed E-state index contributed by atoms with van der Waals surface area (Å²) < 4.78 is 5.88. The Hall–Kier alpha value is -2.52. The molecule has 0 unspecified atom stereocenters.